The zero-order chi connectivity index (χ0) is 18.4. The van der Waals surface area contributed by atoms with Gasteiger partial charge in [0.2, 0.25) is 0 Å². The van der Waals surface area contributed by atoms with E-state index in [0.717, 1.165) is 11.1 Å². The molecule has 0 radical (unpaired) electrons. The molecule has 2 rings (SSSR count). The first-order valence-corrected chi connectivity index (χ1v) is 8.16. The number of aryl methyl sites for hydroxylation is 2. The number of methoxy groups -OCH3 is 2. The number of hydrogen-bond acceptors (Lipinski definition) is 4. The van der Waals surface area contributed by atoms with Crippen LogP contribution in [-0.4, -0.2) is 26.7 Å². The number of rotatable bonds is 7. The number of nitrogens with one attached hydrogen (secondary N) is 1. The standard InChI is InChI=1S/C20H25NO4/c1-13-6-7-17(10-14(13)2)25-12-20(22)21-15(3)18-11-16(23-4)8-9-19(18)24-5/h6-11,15H,12H2,1-5H3,(H,21,22)/t15-/m1/s1. The van der Waals surface area contributed by atoms with Crippen LogP contribution >= 0.6 is 0 Å². The highest BCUT2D eigenvalue weighted by Crippen LogP contribution is 2.29. The average Bonchev–Trinajstić information content (AvgIpc) is 2.62. The molecule has 2 aromatic carbocycles. The van der Waals surface area contributed by atoms with Crippen molar-refractivity contribution in [1.29, 1.82) is 0 Å². The van der Waals surface area contributed by atoms with E-state index in [2.05, 4.69) is 5.32 Å². The lowest BCUT2D eigenvalue weighted by Gasteiger charge is -2.18. The largest absolute Gasteiger partial charge is 0.497 e. The summed E-state index contributed by atoms with van der Waals surface area (Å²) in [6.45, 7) is 5.90. The number of hydrogen-bond donors (Lipinski definition) is 1. The maximum absolute atomic E-state index is 12.2. The normalized spacial score (nSPS) is 11.6. The van der Waals surface area contributed by atoms with Gasteiger partial charge in [0, 0.05) is 5.56 Å². The second kappa shape index (κ2) is 8.42. The van der Waals surface area contributed by atoms with Gasteiger partial charge in [0.05, 0.1) is 20.3 Å². The van der Waals surface area contributed by atoms with E-state index >= 15 is 0 Å². The molecule has 5 nitrogen and oxygen atoms in total. The number of carbonyl (C=O) groups excluding carboxylic acids is 1. The molecule has 0 saturated carbocycles. The summed E-state index contributed by atoms with van der Waals surface area (Å²) in [5, 5.41) is 2.92. The van der Waals surface area contributed by atoms with Crippen molar-refractivity contribution in [2.24, 2.45) is 0 Å². The summed E-state index contributed by atoms with van der Waals surface area (Å²) in [5.74, 6) is 1.90. The van der Waals surface area contributed by atoms with Gasteiger partial charge >= 0.3 is 0 Å². The molecule has 0 aliphatic heterocycles. The van der Waals surface area contributed by atoms with Crippen molar-refractivity contribution in [2.45, 2.75) is 26.8 Å². The lowest BCUT2D eigenvalue weighted by molar-refractivity contribution is -0.123. The molecule has 0 bridgehead atoms. The van der Waals surface area contributed by atoms with Gasteiger partial charge in [-0.25, -0.2) is 0 Å². The molecule has 0 unspecified atom stereocenters. The molecule has 0 aliphatic carbocycles. The van der Waals surface area contributed by atoms with Crippen LogP contribution in [0.3, 0.4) is 0 Å². The van der Waals surface area contributed by atoms with E-state index in [-0.39, 0.29) is 18.6 Å². The quantitative estimate of drug-likeness (QED) is 0.835. The van der Waals surface area contributed by atoms with E-state index in [4.69, 9.17) is 14.2 Å². The van der Waals surface area contributed by atoms with Crippen LogP contribution in [0.25, 0.3) is 0 Å². The molecule has 0 spiro atoms. The number of benzene rings is 2. The van der Waals surface area contributed by atoms with Gasteiger partial charge in [-0.05, 0) is 62.2 Å². The van der Waals surface area contributed by atoms with Crippen LogP contribution in [-0.2, 0) is 4.79 Å². The summed E-state index contributed by atoms with van der Waals surface area (Å²) in [4.78, 5) is 12.2. The predicted octanol–water partition coefficient (Wildman–Crippen LogP) is 3.58. The Morgan fingerprint density at radius 2 is 1.72 bits per heavy atom. The molecule has 1 atom stereocenters. The molecule has 1 N–H and O–H groups in total. The van der Waals surface area contributed by atoms with Gasteiger partial charge in [-0.1, -0.05) is 6.07 Å². The first kappa shape index (κ1) is 18.6. The topological polar surface area (TPSA) is 56.8 Å². The Morgan fingerprint density at radius 3 is 2.36 bits per heavy atom. The lowest BCUT2D eigenvalue weighted by atomic mass is 10.1. The fourth-order valence-electron chi connectivity index (χ4n) is 2.49. The van der Waals surface area contributed by atoms with Gasteiger partial charge in [-0.2, -0.15) is 0 Å². The van der Waals surface area contributed by atoms with Crippen molar-refractivity contribution < 1.29 is 19.0 Å². The minimum absolute atomic E-state index is 0.0425. The molecule has 0 aliphatic rings. The van der Waals surface area contributed by atoms with Crippen molar-refractivity contribution >= 4 is 5.91 Å². The van der Waals surface area contributed by atoms with Crippen molar-refractivity contribution in [3.63, 3.8) is 0 Å². The zero-order valence-corrected chi connectivity index (χ0v) is 15.4. The Morgan fingerprint density at radius 1 is 1.00 bits per heavy atom. The Hall–Kier alpha value is -2.69. The van der Waals surface area contributed by atoms with Crippen LogP contribution in [0.15, 0.2) is 36.4 Å². The summed E-state index contributed by atoms with van der Waals surface area (Å²) in [7, 11) is 3.20. The van der Waals surface area contributed by atoms with E-state index < -0.39 is 0 Å². The summed E-state index contributed by atoms with van der Waals surface area (Å²) in [6.07, 6.45) is 0. The van der Waals surface area contributed by atoms with Crippen molar-refractivity contribution in [3.8, 4) is 17.2 Å². The third-order valence-electron chi connectivity index (χ3n) is 4.13. The molecule has 0 aromatic heterocycles. The third kappa shape index (κ3) is 4.89. The fraction of sp³-hybridized carbons (Fsp3) is 0.350. The summed E-state index contributed by atoms with van der Waals surface area (Å²) >= 11 is 0. The molecule has 0 heterocycles. The van der Waals surface area contributed by atoms with Crippen LogP contribution in [0.4, 0.5) is 0 Å². The Labute approximate surface area is 148 Å². The van der Waals surface area contributed by atoms with Gasteiger partial charge < -0.3 is 19.5 Å². The van der Waals surface area contributed by atoms with E-state index in [9.17, 15) is 4.79 Å². The van der Waals surface area contributed by atoms with Gasteiger partial charge in [0.15, 0.2) is 6.61 Å². The van der Waals surface area contributed by atoms with Crippen LogP contribution in [0.1, 0.15) is 29.7 Å². The second-order valence-corrected chi connectivity index (χ2v) is 5.93. The van der Waals surface area contributed by atoms with E-state index in [1.54, 1.807) is 14.2 Å². The summed E-state index contributed by atoms with van der Waals surface area (Å²) in [5.41, 5.74) is 3.17. The molecular formula is C20H25NO4. The molecule has 134 valence electrons. The number of amides is 1. The Bertz CT molecular complexity index is 742. The molecule has 5 heteroatoms. The van der Waals surface area contributed by atoms with Gasteiger partial charge in [-0.3, -0.25) is 4.79 Å². The monoisotopic (exact) mass is 343 g/mol. The van der Waals surface area contributed by atoms with Crippen molar-refractivity contribution in [2.75, 3.05) is 20.8 Å². The Kier molecular flexibility index (Phi) is 6.28. The molecule has 0 fully saturated rings. The summed E-state index contributed by atoms with van der Waals surface area (Å²) < 4.78 is 16.2. The minimum Gasteiger partial charge on any atom is -0.497 e. The predicted molar refractivity (Wildman–Crippen MR) is 97.5 cm³/mol. The maximum atomic E-state index is 12.2. The van der Waals surface area contributed by atoms with Gasteiger partial charge in [0.25, 0.3) is 5.91 Å². The summed E-state index contributed by atoms with van der Waals surface area (Å²) in [6, 6.07) is 11.0. The van der Waals surface area contributed by atoms with Crippen LogP contribution < -0.4 is 19.5 Å². The first-order chi connectivity index (χ1) is 11.9. The molecule has 1 amide bonds. The Balaban J connectivity index is 1.99. The van der Waals surface area contributed by atoms with Crippen molar-refractivity contribution in [1.82, 2.24) is 5.32 Å². The third-order valence-corrected chi connectivity index (χ3v) is 4.13. The van der Waals surface area contributed by atoms with E-state index in [1.165, 1.54) is 5.56 Å². The molecule has 2 aromatic rings. The SMILES string of the molecule is COc1ccc(OC)c([C@@H](C)NC(=O)COc2ccc(C)c(C)c2)c1. The van der Waals surface area contributed by atoms with Crippen molar-refractivity contribution in [3.05, 3.63) is 53.1 Å². The van der Waals surface area contributed by atoms with E-state index in [0.29, 0.717) is 17.2 Å². The number of carbonyl (C=O) groups is 1. The minimum atomic E-state index is -0.235. The van der Waals surface area contributed by atoms with Gasteiger partial charge in [0.1, 0.15) is 17.2 Å². The van der Waals surface area contributed by atoms with E-state index in [1.807, 2.05) is 57.2 Å². The van der Waals surface area contributed by atoms with Crippen LogP contribution in [0.2, 0.25) is 0 Å². The highest BCUT2D eigenvalue weighted by Gasteiger charge is 2.15. The fourth-order valence-corrected chi connectivity index (χ4v) is 2.49. The van der Waals surface area contributed by atoms with Crippen LogP contribution in [0.5, 0.6) is 17.2 Å². The molecule has 25 heavy (non-hydrogen) atoms. The smallest absolute Gasteiger partial charge is 0.258 e. The highest BCUT2D eigenvalue weighted by atomic mass is 16.5. The second-order valence-electron chi connectivity index (χ2n) is 5.93. The maximum Gasteiger partial charge on any atom is 0.258 e. The zero-order valence-electron chi connectivity index (χ0n) is 15.4. The number of ether oxygens (including phenoxy) is 3. The first-order valence-electron chi connectivity index (χ1n) is 8.16. The van der Waals surface area contributed by atoms with Crippen LogP contribution in [0, 0.1) is 13.8 Å². The molecule has 0 saturated heterocycles. The average molecular weight is 343 g/mol. The van der Waals surface area contributed by atoms with Gasteiger partial charge in [-0.15, -0.1) is 0 Å². The highest BCUT2D eigenvalue weighted by molar-refractivity contribution is 5.78. The molecular weight excluding hydrogens is 318 g/mol. The lowest BCUT2D eigenvalue weighted by Crippen LogP contribution is -2.31.